The van der Waals surface area contributed by atoms with Crippen LogP contribution in [-0.4, -0.2) is 11.5 Å². The molecule has 94 valence electrons. The van der Waals surface area contributed by atoms with Gasteiger partial charge in [0.25, 0.3) is 0 Å². The lowest BCUT2D eigenvalue weighted by Gasteiger charge is -2.17. The maximum atomic E-state index is 5.58. The SMILES string of the molecule is NN[C@H](CNCc1cccnc1)c1ccccc1. The third-order valence-corrected chi connectivity index (χ3v) is 2.80. The molecule has 0 saturated carbocycles. The number of hydrazine groups is 1. The highest BCUT2D eigenvalue weighted by Gasteiger charge is 2.07. The Morgan fingerprint density at radius 2 is 1.94 bits per heavy atom. The normalized spacial score (nSPS) is 12.3. The summed E-state index contributed by atoms with van der Waals surface area (Å²) in [6.07, 6.45) is 3.64. The Morgan fingerprint density at radius 1 is 1.11 bits per heavy atom. The topological polar surface area (TPSA) is 63.0 Å². The lowest BCUT2D eigenvalue weighted by Crippen LogP contribution is -2.35. The Balaban J connectivity index is 1.85. The van der Waals surface area contributed by atoms with Gasteiger partial charge in [0.05, 0.1) is 6.04 Å². The van der Waals surface area contributed by atoms with Crippen LogP contribution in [0.2, 0.25) is 0 Å². The second-order valence-corrected chi connectivity index (χ2v) is 4.12. The molecule has 0 aliphatic rings. The smallest absolute Gasteiger partial charge is 0.0584 e. The summed E-state index contributed by atoms with van der Waals surface area (Å²) in [4.78, 5) is 4.08. The zero-order chi connectivity index (χ0) is 12.6. The third kappa shape index (κ3) is 3.63. The van der Waals surface area contributed by atoms with E-state index in [0.29, 0.717) is 0 Å². The van der Waals surface area contributed by atoms with Gasteiger partial charge in [-0.3, -0.25) is 16.3 Å². The van der Waals surface area contributed by atoms with E-state index in [1.807, 2.05) is 36.5 Å². The molecule has 4 heteroatoms. The molecule has 0 amide bonds. The number of pyridine rings is 1. The first-order valence-electron chi connectivity index (χ1n) is 6.01. The molecule has 0 bridgehead atoms. The summed E-state index contributed by atoms with van der Waals surface area (Å²) in [6, 6.07) is 14.3. The number of nitrogens with one attached hydrogen (secondary N) is 2. The monoisotopic (exact) mass is 242 g/mol. The molecular formula is C14H18N4. The van der Waals surface area contributed by atoms with Gasteiger partial charge in [-0.1, -0.05) is 36.4 Å². The number of nitrogens with zero attached hydrogens (tertiary/aromatic N) is 1. The highest BCUT2D eigenvalue weighted by atomic mass is 15.2. The van der Waals surface area contributed by atoms with Crippen molar-refractivity contribution < 1.29 is 0 Å². The predicted molar refractivity (Wildman–Crippen MR) is 72.4 cm³/mol. The van der Waals surface area contributed by atoms with E-state index in [0.717, 1.165) is 13.1 Å². The Hall–Kier alpha value is -1.75. The molecule has 0 aliphatic carbocycles. The van der Waals surface area contributed by atoms with Crippen LogP contribution in [0.1, 0.15) is 17.2 Å². The zero-order valence-electron chi connectivity index (χ0n) is 10.2. The number of rotatable bonds is 6. The number of hydrogen-bond acceptors (Lipinski definition) is 4. The van der Waals surface area contributed by atoms with Gasteiger partial charge in [0.15, 0.2) is 0 Å². The zero-order valence-corrected chi connectivity index (χ0v) is 10.2. The number of benzene rings is 1. The molecule has 1 aromatic heterocycles. The highest BCUT2D eigenvalue weighted by Crippen LogP contribution is 2.10. The molecule has 2 rings (SSSR count). The fourth-order valence-electron chi connectivity index (χ4n) is 1.82. The van der Waals surface area contributed by atoms with Gasteiger partial charge in [0.1, 0.15) is 0 Å². The van der Waals surface area contributed by atoms with E-state index in [2.05, 4.69) is 27.9 Å². The molecule has 1 aromatic carbocycles. The summed E-state index contributed by atoms with van der Waals surface area (Å²) < 4.78 is 0. The van der Waals surface area contributed by atoms with Crippen LogP contribution < -0.4 is 16.6 Å². The van der Waals surface area contributed by atoms with Gasteiger partial charge in [-0.05, 0) is 17.2 Å². The minimum absolute atomic E-state index is 0.114. The van der Waals surface area contributed by atoms with Crippen LogP contribution in [0.4, 0.5) is 0 Å². The average molecular weight is 242 g/mol. The van der Waals surface area contributed by atoms with Gasteiger partial charge in [0, 0.05) is 25.5 Å². The summed E-state index contributed by atoms with van der Waals surface area (Å²) in [5.41, 5.74) is 5.17. The van der Waals surface area contributed by atoms with Crippen LogP contribution in [0.15, 0.2) is 54.9 Å². The molecule has 0 spiro atoms. The van der Waals surface area contributed by atoms with E-state index in [1.165, 1.54) is 11.1 Å². The molecular weight excluding hydrogens is 224 g/mol. The number of hydrogen-bond donors (Lipinski definition) is 3. The molecule has 4 nitrogen and oxygen atoms in total. The molecule has 18 heavy (non-hydrogen) atoms. The van der Waals surface area contributed by atoms with E-state index < -0.39 is 0 Å². The van der Waals surface area contributed by atoms with E-state index >= 15 is 0 Å². The first-order chi connectivity index (χ1) is 8.90. The summed E-state index contributed by atoms with van der Waals surface area (Å²) in [6.45, 7) is 1.56. The molecule has 4 N–H and O–H groups in total. The molecule has 0 aliphatic heterocycles. The summed E-state index contributed by atoms with van der Waals surface area (Å²) >= 11 is 0. The van der Waals surface area contributed by atoms with Crippen molar-refractivity contribution in [1.82, 2.24) is 15.7 Å². The van der Waals surface area contributed by atoms with E-state index in [-0.39, 0.29) is 6.04 Å². The molecule has 0 unspecified atom stereocenters. The minimum Gasteiger partial charge on any atom is -0.311 e. The second-order valence-electron chi connectivity index (χ2n) is 4.12. The van der Waals surface area contributed by atoms with E-state index in [9.17, 15) is 0 Å². The van der Waals surface area contributed by atoms with Gasteiger partial charge < -0.3 is 5.32 Å². The fraction of sp³-hybridized carbons (Fsp3) is 0.214. The third-order valence-electron chi connectivity index (χ3n) is 2.80. The van der Waals surface area contributed by atoms with Gasteiger partial charge in [-0.25, -0.2) is 0 Å². The molecule has 0 radical (unpaired) electrons. The summed E-state index contributed by atoms with van der Waals surface area (Å²) in [5.74, 6) is 5.58. The van der Waals surface area contributed by atoms with Gasteiger partial charge >= 0.3 is 0 Å². The maximum absolute atomic E-state index is 5.58. The lowest BCUT2D eigenvalue weighted by atomic mass is 10.1. The minimum atomic E-state index is 0.114. The van der Waals surface area contributed by atoms with E-state index in [1.54, 1.807) is 6.20 Å². The Bertz CT molecular complexity index is 444. The Labute approximate surface area is 107 Å². The van der Waals surface area contributed by atoms with Gasteiger partial charge in [-0.2, -0.15) is 0 Å². The van der Waals surface area contributed by atoms with Crippen LogP contribution in [0, 0.1) is 0 Å². The van der Waals surface area contributed by atoms with Crippen molar-refractivity contribution in [2.24, 2.45) is 5.84 Å². The van der Waals surface area contributed by atoms with Crippen molar-refractivity contribution in [3.63, 3.8) is 0 Å². The highest BCUT2D eigenvalue weighted by molar-refractivity contribution is 5.19. The van der Waals surface area contributed by atoms with Gasteiger partial charge in [-0.15, -0.1) is 0 Å². The van der Waals surface area contributed by atoms with Crippen molar-refractivity contribution in [3.05, 3.63) is 66.0 Å². The first-order valence-corrected chi connectivity index (χ1v) is 6.01. The maximum Gasteiger partial charge on any atom is 0.0584 e. The van der Waals surface area contributed by atoms with Crippen molar-refractivity contribution >= 4 is 0 Å². The fourth-order valence-corrected chi connectivity index (χ4v) is 1.82. The molecule has 1 atom stereocenters. The van der Waals surface area contributed by atoms with Crippen LogP contribution in [0.5, 0.6) is 0 Å². The van der Waals surface area contributed by atoms with Crippen LogP contribution in [0.25, 0.3) is 0 Å². The van der Waals surface area contributed by atoms with Gasteiger partial charge in [0.2, 0.25) is 0 Å². The van der Waals surface area contributed by atoms with Crippen LogP contribution in [-0.2, 0) is 6.54 Å². The average Bonchev–Trinajstić information content (AvgIpc) is 2.46. The molecule has 0 fully saturated rings. The molecule has 0 saturated heterocycles. The summed E-state index contributed by atoms with van der Waals surface area (Å²) in [5, 5.41) is 3.37. The standard InChI is InChI=1S/C14H18N4/c15-18-14(13-6-2-1-3-7-13)11-17-10-12-5-4-8-16-9-12/h1-9,14,17-18H,10-11,15H2/t14-/m1/s1. The molecule has 2 aromatic rings. The van der Waals surface area contributed by atoms with Crippen molar-refractivity contribution in [3.8, 4) is 0 Å². The largest absolute Gasteiger partial charge is 0.311 e. The summed E-state index contributed by atoms with van der Waals surface area (Å²) in [7, 11) is 0. The lowest BCUT2D eigenvalue weighted by molar-refractivity contribution is 0.502. The van der Waals surface area contributed by atoms with Crippen LogP contribution >= 0.6 is 0 Å². The van der Waals surface area contributed by atoms with Crippen molar-refractivity contribution in [1.29, 1.82) is 0 Å². The van der Waals surface area contributed by atoms with Crippen LogP contribution in [0.3, 0.4) is 0 Å². The number of nitrogens with two attached hydrogens (primary N) is 1. The van der Waals surface area contributed by atoms with Crippen molar-refractivity contribution in [2.45, 2.75) is 12.6 Å². The molecule has 1 heterocycles. The Kier molecular flexibility index (Phi) is 4.84. The second kappa shape index (κ2) is 6.86. The first kappa shape index (κ1) is 12.7. The quantitative estimate of drug-likeness (QED) is 0.529. The predicted octanol–water partition coefficient (Wildman–Crippen LogP) is 1.38. The Morgan fingerprint density at radius 3 is 2.61 bits per heavy atom. The van der Waals surface area contributed by atoms with Crippen molar-refractivity contribution in [2.75, 3.05) is 6.54 Å². The van der Waals surface area contributed by atoms with E-state index in [4.69, 9.17) is 5.84 Å². The number of aromatic nitrogens is 1.